The molecule has 0 spiro atoms. The van der Waals surface area contributed by atoms with Gasteiger partial charge in [0.1, 0.15) is 12.4 Å². The zero-order valence-electron chi connectivity index (χ0n) is 13.4. The summed E-state index contributed by atoms with van der Waals surface area (Å²) in [6, 6.07) is 0. The molecule has 0 amide bonds. The predicted molar refractivity (Wildman–Crippen MR) is 82.0 cm³/mol. The summed E-state index contributed by atoms with van der Waals surface area (Å²) in [6.07, 6.45) is 0. The number of carbonyl (C=O) groups is 2. The molecule has 0 aliphatic rings. The second kappa shape index (κ2) is 23.3. The van der Waals surface area contributed by atoms with Crippen molar-refractivity contribution in [2.45, 2.75) is 47.6 Å². The summed E-state index contributed by atoms with van der Waals surface area (Å²) < 4.78 is 9.11. The highest BCUT2D eigenvalue weighted by molar-refractivity contribution is 5.76. The van der Waals surface area contributed by atoms with E-state index >= 15 is 0 Å². The van der Waals surface area contributed by atoms with Gasteiger partial charge in [0.2, 0.25) is 0 Å². The van der Waals surface area contributed by atoms with Crippen molar-refractivity contribution in [2.75, 3.05) is 34.5 Å². The molecule has 0 atom stereocenters. The number of rotatable bonds is 4. The third-order valence-corrected chi connectivity index (χ3v) is 0.845. The summed E-state index contributed by atoms with van der Waals surface area (Å²) in [7, 11) is 4.07. The topological polar surface area (TPSA) is 93.1 Å². The summed E-state index contributed by atoms with van der Waals surface area (Å²) in [6.45, 7) is 8.59. The monoisotopic (exact) mass is 298 g/mol. The van der Waals surface area contributed by atoms with Gasteiger partial charge < -0.3 is 24.5 Å². The molecule has 6 nitrogen and oxygen atoms in total. The van der Waals surface area contributed by atoms with Crippen LogP contribution in [0.1, 0.15) is 42.0 Å². The Morgan fingerprint density at radius 1 is 1.00 bits per heavy atom. The van der Waals surface area contributed by atoms with Gasteiger partial charge in [-0.25, -0.2) is 0 Å². The molecule has 0 aromatic heterocycles. The number of hydrogen-bond acceptors (Lipinski definition) is 6. The van der Waals surface area contributed by atoms with Gasteiger partial charge in [-0.3, -0.25) is 4.79 Å². The Morgan fingerprint density at radius 2 is 1.30 bits per heavy atom. The molecule has 0 rings (SSSR count). The van der Waals surface area contributed by atoms with Crippen LogP contribution in [0.5, 0.6) is 0 Å². The Labute approximate surface area is 124 Å². The van der Waals surface area contributed by atoms with Crippen molar-refractivity contribution in [3.63, 3.8) is 0 Å². The lowest BCUT2D eigenvalue weighted by atomic mass is 10.2. The van der Waals surface area contributed by atoms with Crippen molar-refractivity contribution in [1.29, 1.82) is 0 Å². The van der Waals surface area contributed by atoms with Gasteiger partial charge in [0.15, 0.2) is 5.78 Å². The van der Waals surface area contributed by atoms with Crippen molar-refractivity contribution in [2.24, 2.45) is 0 Å². The normalized spacial score (nSPS) is 8.30. The minimum atomic E-state index is -0.672. The second-order valence-corrected chi connectivity index (χ2v) is 4.29. The van der Waals surface area contributed by atoms with Crippen LogP contribution < -0.4 is 0 Å². The standard InChI is InChI=1S/C5H12O2.C4H8O2.C3H6O.CH4O.CH4/c1-5(2,6)4-7-3;1-4(5)3-6-2;1-3(2)4;1-2;/h6H,4H2,1-3H3;3H2,1-2H3;1-2H3;2H,1H3;1H4. The molecule has 0 saturated carbocycles. The maximum Gasteiger partial charge on any atom is 0.155 e. The van der Waals surface area contributed by atoms with Gasteiger partial charge in [0.05, 0.1) is 12.2 Å². The van der Waals surface area contributed by atoms with Crippen LogP contribution in [0.25, 0.3) is 0 Å². The lowest BCUT2D eigenvalue weighted by molar-refractivity contribution is -0.120. The summed E-state index contributed by atoms with van der Waals surface area (Å²) >= 11 is 0. The fourth-order valence-corrected chi connectivity index (χ4v) is 0.556. The summed E-state index contributed by atoms with van der Waals surface area (Å²) in [4.78, 5) is 19.4. The van der Waals surface area contributed by atoms with Gasteiger partial charge in [0.25, 0.3) is 0 Å². The molecular weight excluding hydrogens is 264 g/mol. The average Bonchev–Trinajstić information content (AvgIpc) is 2.18. The Hall–Kier alpha value is -0.820. The fraction of sp³-hybridized carbons (Fsp3) is 0.857. The molecule has 0 radical (unpaired) electrons. The number of aliphatic hydroxyl groups is 2. The van der Waals surface area contributed by atoms with Crippen LogP contribution in [-0.4, -0.2) is 61.9 Å². The molecule has 126 valence electrons. The molecule has 0 bridgehead atoms. The third kappa shape index (κ3) is 118. The number of aliphatic hydroxyl groups excluding tert-OH is 1. The Kier molecular flexibility index (Phi) is 36.7. The quantitative estimate of drug-likeness (QED) is 0.816. The van der Waals surface area contributed by atoms with Crippen molar-refractivity contribution >= 4 is 11.6 Å². The van der Waals surface area contributed by atoms with Gasteiger partial charge in [-0.2, -0.15) is 0 Å². The summed E-state index contributed by atoms with van der Waals surface area (Å²) in [5, 5.41) is 15.9. The van der Waals surface area contributed by atoms with E-state index in [1.54, 1.807) is 21.0 Å². The van der Waals surface area contributed by atoms with E-state index in [4.69, 9.17) is 10.2 Å². The summed E-state index contributed by atoms with van der Waals surface area (Å²) in [5.41, 5.74) is -0.672. The first-order valence-electron chi connectivity index (χ1n) is 5.68. The van der Waals surface area contributed by atoms with Gasteiger partial charge in [-0.15, -0.1) is 0 Å². The zero-order chi connectivity index (χ0) is 16.5. The van der Waals surface area contributed by atoms with Crippen LogP contribution in [0.4, 0.5) is 0 Å². The van der Waals surface area contributed by atoms with Crippen molar-refractivity contribution in [1.82, 2.24) is 0 Å². The molecule has 6 heteroatoms. The highest BCUT2D eigenvalue weighted by Gasteiger charge is 2.09. The lowest BCUT2D eigenvalue weighted by Crippen LogP contribution is -2.24. The van der Waals surface area contributed by atoms with Crippen molar-refractivity contribution in [3.8, 4) is 0 Å². The maximum absolute atomic E-state index is 9.92. The molecule has 20 heavy (non-hydrogen) atoms. The lowest BCUT2D eigenvalue weighted by Gasteiger charge is -2.13. The van der Waals surface area contributed by atoms with Gasteiger partial charge in [-0.1, -0.05) is 7.43 Å². The number of methoxy groups -OCH3 is 2. The van der Waals surface area contributed by atoms with Crippen LogP contribution in [-0.2, 0) is 19.1 Å². The van der Waals surface area contributed by atoms with E-state index in [0.29, 0.717) is 6.61 Å². The minimum absolute atomic E-state index is 0. The van der Waals surface area contributed by atoms with E-state index in [1.807, 2.05) is 0 Å². The highest BCUT2D eigenvalue weighted by atomic mass is 16.5. The number of carbonyl (C=O) groups excluding carboxylic acids is 2. The van der Waals surface area contributed by atoms with Crippen LogP contribution in [0.2, 0.25) is 0 Å². The number of ketones is 2. The second-order valence-electron chi connectivity index (χ2n) is 4.29. The van der Waals surface area contributed by atoms with E-state index in [-0.39, 0.29) is 25.6 Å². The van der Waals surface area contributed by atoms with Gasteiger partial charge >= 0.3 is 0 Å². The smallest absolute Gasteiger partial charge is 0.155 e. The Bertz CT molecular complexity index is 192. The number of hydrogen-bond donors (Lipinski definition) is 2. The van der Waals surface area contributed by atoms with Crippen LogP contribution in [0.3, 0.4) is 0 Å². The molecule has 0 aliphatic heterocycles. The number of Topliss-reactive ketones (excluding diaryl/α,β-unsaturated/α-hetero) is 2. The first kappa shape index (κ1) is 31.5. The first-order chi connectivity index (χ1) is 8.56. The molecule has 2 N–H and O–H groups in total. The summed E-state index contributed by atoms with van der Waals surface area (Å²) in [5.74, 6) is 0.234. The first-order valence-corrected chi connectivity index (χ1v) is 5.68. The molecule has 0 unspecified atom stereocenters. The van der Waals surface area contributed by atoms with E-state index < -0.39 is 5.60 Å². The molecule has 0 heterocycles. The van der Waals surface area contributed by atoms with E-state index in [2.05, 4.69) is 9.47 Å². The molecule has 0 fully saturated rings. The Balaban J connectivity index is -0.0000000531. The SMILES string of the molecule is C.CC(C)=O.CO.COCC(C)(C)O.COCC(C)=O. The van der Waals surface area contributed by atoms with Crippen molar-refractivity contribution in [3.05, 3.63) is 0 Å². The van der Waals surface area contributed by atoms with Crippen LogP contribution in [0, 0.1) is 0 Å². The fourth-order valence-electron chi connectivity index (χ4n) is 0.556. The molecule has 0 aromatic carbocycles. The predicted octanol–water partition coefficient (Wildman–Crippen LogP) is 1.47. The minimum Gasteiger partial charge on any atom is -0.400 e. The van der Waals surface area contributed by atoms with Crippen molar-refractivity contribution < 1.29 is 29.3 Å². The van der Waals surface area contributed by atoms with Crippen LogP contribution >= 0.6 is 0 Å². The average molecular weight is 298 g/mol. The zero-order valence-corrected chi connectivity index (χ0v) is 13.4. The third-order valence-electron chi connectivity index (χ3n) is 0.845. The van der Waals surface area contributed by atoms with E-state index in [0.717, 1.165) is 7.11 Å². The molecule has 0 aliphatic carbocycles. The number of ether oxygens (including phenoxy) is 2. The van der Waals surface area contributed by atoms with Gasteiger partial charge in [0, 0.05) is 21.3 Å². The van der Waals surface area contributed by atoms with E-state index in [9.17, 15) is 9.59 Å². The maximum atomic E-state index is 9.92. The largest absolute Gasteiger partial charge is 0.400 e. The highest BCUT2D eigenvalue weighted by Crippen LogP contribution is 1.98. The Morgan fingerprint density at radius 3 is 1.30 bits per heavy atom. The van der Waals surface area contributed by atoms with E-state index in [1.165, 1.54) is 27.9 Å². The van der Waals surface area contributed by atoms with Crippen LogP contribution in [0.15, 0.2) is 0 Å². The molecular formula is C14H34O6. The molecule has 0 aromatic rings. The van der Waals surface area contributed by atoms with Gasteiger partial charge in [-0.05, 0) is 34.6 Å². The molecule has 0 saturated heterocycles.